The number of halogens is 1. The molecule has 3 heterocycles. The average molecular weight is 539 g/mol. The first-order chi connectivity index (χ1) is 18.7. The van der Waals surface area contributed by atoms with Gasteiger partial charge in [0.1, 0.15) is 18.0 Å². The van der Waals surface area contributed by atoms with Gasteiger partial charge >= 0.3 is 12.2 Å². The molecule has 2 amide bonds. The molecule has 0 radical (unpaired) electrons. The molecule has 0 aromatic heterocycles. The molecule has 3 aliphatic heterocycles. The van der Waals surface area contributed by atoms with E-state index in [1.54, 1.807) is 11.0 Å². The molecule has 3 aliphatic rings. The van der Waals surface area contributed by atoms with Gasteiger partial charge in [0, 0.05) is 69.1 Å². The third kappa shape index (κ3) is 6.64. The van der Waals surface area contributed by atoms with Gasteiger partial charge < -0.3 is 24.2 Å². The summed E-state index contributed by atoms with van der Waals surface area (Å²) in [4.78, 5) is 33.2. The van der Waals surface area contributed by atoms with Gasteiger partial charge in [-0.2, -0.15) is 0 Å². The van der Waals surface area contributed by atoms with Crippen molar-refractivity contribution in [3.05, 3.63) is 65.5 Å². The van der Waals surface area contributed by atoms with Crippen molar-refractivity contribution in [1.82, 2.24) is 14.7 Å². The number of amides is 2. The van der Waals surface area contributed by atoms with E-state index >= 15 is 0 Å². The molecule has 8 nitrogen and oxygen atoms in total. The van der Waals surface area contributed by atoms with Crippen molar-refractivity contribution >= 4 is 17.9 Å². The molecule has 210 valence electrons. The van der Waals surface area contributed by atoms with Gasteiger partial charge in [-0.3, -0.25) is 4.90 Å². The maximum atomic E-state index is 14.9. The Morgan fingerprint density at radius 3 is 2.21 bits per heavy atom. The molecule has 2 bridgehead atoms. The molecule has 0 aliphatic carbocycles. The molecular formula is C30H39FN4O4. The van der Waals surface area contributed by atoms with Crippen LogP contribution in [0.5, 0.6) is 0 Å². The molecule has 3 fully saturated rings. The van der Waals surface area contributed by atoms with Crippen molar-refractivity contribution in [1.29, 1.82) is 0 Å². The number of nitrogens with zero attached hydrogens (tertiary/aromatic N) is 4. The Morgan fingerprint density at radius 2 is 1.56 bits per heavy atom. The minimum Gasteiger partial charge on any atom is -0.445 e. The van der Waals surface area contributed by atoms with Crippen LogP contribution in [0.4, 0.5) is 19.7 Å². The lowest BCUT2D eigenvalue weighted by atomic mass is 10.1. The minimum absolute atomic E-state index is 0.184. The number of carbonyl (C=O) groups excluding carboxylic acids is 2. The van der Waals surface area contributed by atoms with Crippen LogP contribution in [0, 0.1) is 5.82 Å². The Morgan fingerprint density at radius 1 is 0.897 bits per heavy atom. The first-order valence-electron chi connectivity index (χ1n) is 13.9. The molecule has 0 spiro atoms. The SMILES string of the molecule is CC(C)(C)OC(=O)N1CCN(Cc2cc(N3C4CCC3CN(C(=O)OCc3ccccc3)C4)ccc2F)CC1. The van der Waals surface area contributed by atoms with Gasteiger partial charge in [-0.05, 0) is 57.4 Å². The fourth-order valence-electron chi connectivity index (χ4n) is 5.78. The van der Waals surface area contributed by atoms with Crippen molar-refractivity contribution in [3.63, 3.8) is 0 Å². The van der Waals surface area contributed by atoms with E-state index in [1.165, 1.54) is 0 Å². The Hall–Kier alpha value is -3.33. The third-order valence-electron chi connectivity index (χ3n) is 7.69. The molecular weight excluding hydrogens is 499 g/mol. The number of carbonyl (C=O) groups is 2. The summed E-state index contributed by atoms with van der Waals surface area (Å²) in [5.74, 6) is -0.219. The topological polar surface area (TPSA) is 65.6 Å². The standard InChI is InChI=1S/C30H39FN4O4/c1-30(2,3)39-29(37)33-15-13-32(14-16-33)18-23-17-24(11-12-27(23)31)35-25-9-10-26(35)20-34(19-25)28(36)38-21-22-7-5-4-6-8-22/h4-8,11-12,17,25-26H,9-10,13-16,18-21H2,1-3H3. The summed E-state index contributed by atoms with van der Waals surface area (Å²) in [5, 5.41) is 0. The first kappa shape index (κ1) is 27.2. The van der Waals surface area contributed by atoms with Crippen molar-refractivity contribution in [2.75, 3.05) is 44.2 Å². The van der Waals surface area contributed by atoms with Crippen LogP contribution in [-0.4, -0.2) is 83.8 Å². The van der Waals surface area contributed by atoms with E-state index < -0.39 is 5.60 Å². The summed E-state index contributed by atoms with van der Waals surface area (Å²) in [6, 6.07) is 15.4. The van der Waals surface area contributed by atoms with E-state index in [2.05, 4.69) is 9.80 Å². The van der Waals surface area contributed by atoms with Gasteiger partial charge in [0.2, 0.25) is 0 Å². The lowest BCUT2D eigenvalue weighted by molar-refractivity contribution is 0.0138. The van der Waals surface area contributed by atoms with Crippen LogP contribution in [0.1, 0.15) is 44.7 Å². The number of hydrogen-bond acceptors (Lipinski definition) is 6. The zero-order chi connectivity index (χ0) is 27.6. The number of anilines is 1. The van der Waals surface area contributed by atoms with Gasteiger partial charge in [0.25, 0.3) is 0 Å². The molecule has 0 N–H and O–H groups in total. The lowest BCUT2D eigenvalue weighted by Crippen LogP contribution is -2.55. The molecule has 2 atom stereocenters. The molecule has 3 saturated heterocycles. The van der Waals surface area contributed by atoms with Gasteiger partial charge in [-0.15, -0.1) is 0 Å². The van der Waals surface area contributed by atoms with Crippen molar-refractivity contribution in [2.45, 2.75) is 64.4 Å². The Kier molecular flexibility index (Phi) is 7.98. The normalized spacial score (nSPS) is 21.7. The third-order valence-corrected chi connectivity index (χ3v) is 7.69. The Labute approximate surface area is 230 Å². The smallest absolute Gasteiger partial charge is 0.410 e. The van der Waals surface area contributed by atoms with Crippen LogP contribution < -0.4 is 4.90 Å². The van der Waals surface area contributed by atoms with Crippen LogP contribution in [-0.2, 0) is 22.6 Å². The van der Waals surface area contributed by atoms with E-state index in [0.29, 0.717) is 51.4 Å². The number of benzene rings is 2. The molecule has 2 aromatic rings. The van der Waals surface area contributed by atoms with Gasteiger partial charge in [0.05, 0.1) is 0 Å². The zero-order valence-corrected chi connectivity index (χ0v) is 23.1. The second-order valence-electron chi connectivity index (χ2n) is 11.8. The van der Waals surface area contributed by atoms with Crippen LogP contribution in [0.2, 0.25) is 0 Å². The summed E-state index contributed by atoms with van der Waals surface area (Å²) < 4.78 is 26.0. The van der Waals surface area contributed by atoms with Crippen molar-refractivity contribution in [2.24, 2.45) is 0 Å². The van der Waals surface area contributed by atoms with E-state index in [0.717, 1.165) is 24.1 Å². The first-order valence-corrected chi connectivity index (χ1v) is 13.9. The average Bonchev–Trinajstić information content (AvgIpc) is 3.17. The van der Waals surface area contributed by atoms with E-state index in [4.69, 9.17) is 9.47 Å². The molecule has 39 heavy (non-hydrogen) atoms. The second-order valence-corrected chi connectivity index (χ2v) is 11.8. The van der Waals surface area contributed by atoms with Crippen LogP contribution in [0.25, 0.3) is 0 Å². The zero-order valence-electron chi connectivity index (χ0n) is 23.1. The number of ether oxygens (including phenoxy) is 2. The Balaban J connectivity index is 1.17. The lowest BCUT2D eigenvalue weighted by Gasteiger charge is -2.42. The molecule has 2 aromatic carbocycles. The van der Waals surface area contributed by atoms with Gasteiger partial charge in [-0.25, -0.2) is 14.0 Å². The van der Waals surface area contributed by atoms with Crippen LogP contribution in [0.3, 0.4) is 0 Å². The van der Waals surface area contributed by atoms with Gasteiger partial charge in [0.15, 0.2) is 0 Å². The molecule has 9 heteroatoms. The van der Waals surface area contributed by atoms with Crippen molar-refractivity contribution in [3.8, 4) is 0 Å². The Bertz CT molecular complexity index is 1150. The predicted molar refractivity (Wildman–Crippen MR) is 147 cm³/mol. The van der Waals surface area contributed by atoms with Gasteiger partial charge in [-0.1, -0.05) is 30.3 Å². The predicted octanol–water partition coefficient (Wildman–Crippen LogP) is 4.87. The maximum absolute atomic E-state index is 14.9. The number of piperazine rings is 2. The molecule has 5 rings (SSSR count). The minimum atomic E-state index is -0.523. The number of rotatable bonds is 5. The fourth-order valence-corrected chi connectivity index (χ4v) is 5.78. The maximum Gasteiger partial charge on any atom is 0.410 e. The highest BCUT2D eigenvalue weighted by atomic mass is 19.1. The highest BCUT2D eigenvalue weighted by Crippen LogP contribution is 2.36. The van der Waals surface area contributed by atoms with Crippen LogP contribution >= 0.6 is 0 Å². The second kappa shape index (κ2) is 11.4. The molecule has 2 unspecified atom stereocenters. The monoisotopic (exact) mass is 538 g/mol. The van der Waals surface area contributed by atoms with E-state index in [1.807, 2.05) is 68.1 Å². The summed E-state index contributed by atoms with van der Waals surface area (Å²) in [7, 11) is 0. The summed E-state index contributed by atoms with van der Waals surface area (Å²) in [6.07, 6.45) is 1.41. The number of likely N-dealkylation sites (tertiary alicyclic amines) is 1. The molecule has 0 saturated carbocycles. The number of hydrogen-bond donors (Lipinski definition) is 0. The van der Waals surface area contributed by atoms with E-state index in [9.17, 15) is 14.0 Å². The summed E-state index contributed by atoms with van der Waals surface area (Å²) >= 11 is 0. The van der Waals surface area contributed by atoms with E-state index in [-0.39, 0.29) is 36.7 Å². The largest absolute Gasteiger partial charge is 0.445 e. The fraction of sp³-hybridized carbons (Fsp3) is 0.533. The highest BCUT2D eigenvalue weighted by Gasteiger charge is 2.42. The summed E-state index contributed by atoms with van der Waals surface area (Å²) in [5.41, 5.74) is 2.11. The van der Waals surface area contributed by atoms with Crippen LogP contribution in [0.15, 0.2) is 48.5 Å². The highest BCUT2D eigenvalue weighted by molar-refractivity contribution is 5.69. The quantitative estimate of drug-likeness (QED) is 0.541. The number of fused-ring (bicyclic) bond motifs is 2. The van der Waals surface area contributed by atoms with Crippen molar-refractivity contribution < 1.29 is 23.5 Å². The summed E-state index contributed by atoms with van der Waals surface area (Å²) in [6.45, 7) is 9.99.